The summed E-state index contributed by atoms with van der Waals surface area (Å²) in [5.74, 6) is 1.69. The van der Waals surface area contributed by atoms with Crippen LogP contribution in [-0.2, 0) is 14.9 Å². The van der Waals surface area contributed by atoms with E-state index in [0.29, 0.717) is 18.9 Å². The summed E-state index contributed by atoms with van der Waals surface area (Å²) in [6.45, 7) is 2.13. The first kappa shape index (κ1) is 17.3. The summed E-state index contributed by atoms with van der Waals surface area (Å²) < 4.78 is 11.2. The Morgan fingerprint density at radius 3 is 2.67 bits per heavy atom. The highest BCUT2D eigenvalue weighted by atomic mass is 16.5. The van der Waals surface area contributed by atoms with Gasteiger partial charge in [0.05, 0.1) is 7.11 Å². The van der Waals surface area contributed by atoms with Gasteiger partial charge in [0, 0.05) is 37.2 Å². The van der Waals surface area contributed by atoms with E-state index in [1.54, 1.807) is 7.11 Å². The molecule has 1 saturated carbocycles. The van der Waals surface area contributed by atoms with Crippen molar-refractivity contribution < 1.29 is 14.3 Å². The molecule has 24 heavy (non-hydrogen) atoms. The smallest absolute Gasteiger partial charge is 0.220 e. The molecule has 0 unspecified atom stereocenters. The number of methoxy groups -OCH3 is 1. The summed E-state index contributed by atoms with van der Waals surface area (Å²) in [7, 11) is 1.71. The number of nitrogens with one attached hydrogen (secondary N) is 1. The number of para-hydroxylation sites is 1. The number of hydrogen-bond acceptors (Lipinski definition) is 3. The van der Waals surface area contributed by atoms with E-state index in [9.17, 15) is 4.79 Å². The zero-order valence-corrected chi connectivity index (χ0v) is 14.7. The number of rotatable bonds is 6. The van der Waals surface area contributed by atoms with Gasteiger partial charge < -0.3 is 14.8 Å². The second-order valence-electron chi connectivity index (χ2n) is 7.22. The molecule has 132 valence electrons. The van der Waals surface area contributed by atoms with Gasteiger partial charge in [0.2, 0.25) is 5.91 Å². The minimum atomic E-state index is -0.0871. The molecule has 3 rings (SSSR count). The Hall–Kier alpha value is -1.55. The van der Waals surface area contributed by atoms with E-state index >= 15 is 0 Å². The Morgan fingerprint density at radius 2 is 1.96 bits per heavy atom. The molecule has 1 heterocycles. The molecule has 1 N–H and O–H groups in total. The van der Waals surface area contributed by atoms with Gasteiger partial charge in [-0.25, -0.2) is 0 Å². The van der Waals surface area contributed by atoms with Crippen LogP contribution in [-0.4, -0.2) is 32.8 Å². The summed E-state index contributed by atoms with van der Waals surface area (Å²) in [5.41, 5.74) is 1.10. The summed E-state index contributed by atoms with van der Waals surface area (Å²) in [6.07, 6.45) is 7.48. The zero-order valence-electron chi connectivity index (χ0n) is 14.7. The molecule has 0 atom stereocenters. The molecule has 0 spiro atoms. The van der Waals surface area contributed by atoms with Gasteiger partial charge in [-0.3, -0.25) is 4.79 Å². The number of carbonyl (C=O) groups excluding carboxylic acids is 1. The van der Waals surface area contributed by atoms with Crippen LogP contribution in [0.25, 0.3) is 0 Å². The average Bonchev–Trinajstić information content (AvgIpc) is 3.14. The quantitative estimate of drug-likeness (QED) is 0.868. The van der Waals surface area contributed by atoms with Gasteiger partial charge >= 0.3 is 0 Å². The molecule has 2 aliphatic rings. The van der Waals surface area contributed by atoms with Gasteiger partial charge in [0.1, 0.15) is 5.75 Å². The summed E-state index contributed by atoms with van der Waals surface area (Å²) >= 11 is 0. The highest BCUT2D eigenvalue weighted by Crippen LogP contribution is 2.39. The van der Waals surface area contributed by atoms with Gasteiger partial charge in [0.25, 0.3) is 0 Å². The molecular formula is C20H29NO3. The summed E-state index contributed by atoms with van der Waals surface area (Å²) in [6, 6.07) is 8.18. The van der Waals surface area contributed by atoms with E-state index in [1.165, 1.54) is 31.2 Å². The van der Waals surface area contributed by atoms with Crippen molar-refractivity contribution in [3.8, 4) is 5.75 Å². The van der Waals surface area contributed by atoms with Crippen molar-refractivity contribution in [1.82, 2.24) is 5.32 Å². The average molecular weight is 331 g/mol. The van der Waals surface area contributed by atoms with Crippen LogP contribution in [0.1, 0.15) is 50.5 Å². The van der Waals surface area contributed by atoms with Crippen molar-refractivity contribution in [2.45, 2.75) is 50.4 Å². The highest BCUT2D eigenvalue weighted by molar-refractivity contribution is 5.76. The monoisotopic (exact) mass is 331 g/mol. The fourth-order valence-electron chi connectivity index (χ4n) is 4.20. The van der Waals surface area contributed by atoms with Crippen LogP contribution in [0.15, 0.2) is 24.3 Å². The van der Waals surface area contributed by atoms with E-state index in [0.717, 1.165) is 31.8 Å². The molecule has 0 bridgehead atoms. The molecule has 0 aromatic heterocycles. The van der Waals surface area contributed by atoms with Crippen LogP contribution in [0.5, 0.6) is 5.75 Å². The fraction of sp³-hybridized carbons (Fsp3) is 0.650. The predicted octanol–water partition coefficient (Wildman–Crippen LogP) is 3.44. The van der Waals surface area contributed by atoms with E-state index in [1.807, 2.05) is 12.1 Å². The Morgan fingerprint density at radius 1 is 1.25 bits per heavy atom. The Bertz CT molecular complexity index is 546. The van der Waals surface area contributed by atoms with Gasteiger partial charge in [0.15, 0.2) is 0 Å². The maximum absolute atomic E-state index is 12.4. The number of carbonyl (C=O) groups is 1. The molecule has 1 aromatic rings. The summed E-state index contributed by atoms with van der Waals surface area (Å²) in [5, 5.41) is 3.22. The maximum atomic E-state index is 12.4. The van der Waals surface area contributed by atoms with Gasteiger partial charge in [-0.1, -0.05) is 31.0 Å². The van der Waals surface area contributed by atoms with Crippen LogP contribution < -0.4 is 10.1 Å². The minimum absolute atomic E-state index is 0.0871. The third-order valence-electron chi connectivity index (χ3n) is 5.70. The lowest BCUT2D eigenvalue weighted by Gasteiger charge is -2.38. The van der Waals surface area contributed by atoms with E-state index in [-0.39, 0.29) is 11.3 Å². The first-order valence-electron chi connectivity index (χ1n) is 9.21. The minimum Gasteiger partial charge on any atom is -0.496 e. The van der Waals surface area contributed by atoms with Crippen molar-refractivity contribution in [2.75, 3.05) is 26.9 Å². The molecule has 1 aliphatic heterocycles. The van der Waals surface area contributed by atoms with E-state index < -0.39 is 0 Å². The van der Waals surface area contributed by atoms with Gasteiger partial charge in [-0.2, -0.15) is 0 Å². The first-order chi connectivity index (χ1) is 11.7. The van der Waals surface area contributed by atoms with E-state index in [2.05, 4.69) is 17.4 Å². The molecule has 0 radical (unpaired) electrons. The lowest BCUT2D eigenvalue weighted by atomic mass is 9.73. The molecule has 1 aliphatic carbocycles. The normalized spacial score (nSPS) is 20.7. The van der Waals surface area contributed by atoms with Crippen LogP contribution in [0.3, 0.4) is 0 Å². The molecule has 4 nitrogen and oxygen atoms in total. The lowest BCUT2D eigenvalue weighted by molar-refractivity contribution is -0.122. The van der Waals surface area contributed by atoms with Gasteiger partial charge in [-0.15, -0.1) is 0 Å². The second-order valence-corrected chi connectivity index (χ2v) is 7.22. The number of ether oxygens (including phenoxy) is 2. The Labute approximate surface area is 144 Å². The standard InChI is InChI=1S/C20H29NO3/c1-23-18-9-5-4-8-17(18)20(10-12-24-13-11-20)15-21-19(22)14-16-6-2-3-7-16/h4-5,8-9,16H,2-3,6-7,10-15H2,1H3,(H,21,22). The molecule has 1 aromatic carbocycles. The number of benzene rings is 1. The van der Waals surface area contributed by atoms with Crippen molar-refractivity contribution in [3.05, 3.63) is 29.8 Å². The maximum Gasteiger partial charge on any atom is 0.220 e. The lowest BCUT2D eigenvalue weighted by Crippen LogP contribution is -2.45. The predicted molar refractivity (Wildman–Crippen MR) is 94.3 cm³/mol. The highest BCUT2D eigenvalue weighted by Gasteiger charge is 2.37. The molecular weight excluding hydrogens is 302 g/mol. The third-order valence-corrected chi connectivity index (χ3v) is 5.70. The molecule has 1 saturated heterocycles. The topological polar surface area (TPSA) is 47.6 Å². The first-order valence-corrected chi connectivity index (χ1v) is 9.21. The van der Waals surface area contributed by atoms with Crippen LogP contribution in [0, 0.1) is 5.92 Å². The zero-order chi connectivity index (χ0) is 16.8. The molecule has 4 heteroatoms. The SMILES string of the molecule is COc1ccccc1C1(CNC(=O)CC2CCCC2)CCOCC1. The fourth-order valence-corrected chi connectivity index (χ4v) is 4.20. The Kier molecular flexibility index (Phi) is 5.77. The van der Waals surface area contributed by atoms with Crippen molar-refractivity contribution in [1.29, 1.82) is 0 Å². The number of amides is 1. The Balaban J connectivity index is 1.70. The third kappa shape index (κ3) is 3.92. The van der Waals surface area contributed by atoms with Gasteiger partial charge in [-0.05, 0) is 37.7 Å². The number of hydrogen-bond donors (Lipinski definition) is 1. The summed E-state index contributed by atoms with van der Waals surface area (Å²) in [4.78, 5) is 12.4. The van der Waals surface area contributed by atoms with Crippen molar-refractivity contribution in [3.63, 3.8) is 0 Å². The van der Waals surface area contributed by atoms with Crippen molar-refractivity contribution >= 4 is 5.91 Å². The van der Waals surface area contributed by atoms with Crippen LogP contribution in [0.2, 0.25) is 0 Å². The van der Waals surface area contributed by atoms with E-state index in [4.69, 9.17) is 9.47 Å². The van der Waals surface area contributed by atoms with Crippen molar-refractivity contribution in [2.24, 2.45) is 5.92 Å². The second kappa shape index (κ2) is 8.02. The largest absolute Gasteiger partial charge is 0.496 e. The van der Waals surface area contributed by atoms with Crippen LogP contribution >= 0.6 is 0 Å². The van der Waals surface area contributed by atoms with Crippen LogP contribution in [0.4, 0.5) is 0 Å². The molecule has 1 amide bonds. The molecule has 2 fully saturated rings.